The van der Waals surface area contributed by atoms with E-state index in [1.54, 1.807) is 6.92 Å². The van der Waals surface area contributed by atoms with Gasteiger partial charge in [0.15, 0.2) is 5.69 Å². The van der Waals surface area contributed by atoms with Crippen LogP contribution in [0.1, 0.15) is 47.3 Å². The van der Waals surface area contributed by atoms with Gasteiger partial charge in [0.2, 0.25) is 0 Å². The smallest absolute Gasteiger partial charge is 0.278 e. The standard InChI is InChI=1S/C17H20N6O/c1-11(2)16-18-7-8-23(16)10-13-5-4-6-14(9-13)19-17(24)15-12(3)20-22-21-15/h4-9,11H,10H2,1-3H3,(H,19,24)(H,20,21,22). The molecule has 3 aromatic rings. The molecule has 2 aromatic heterocycles. The molecule has 7 heteroatoms. The van der Waals surface area contributed by atoms with Crippen LogP contribution < -0.4 is 5.32 Å². The Morgan fingerprint density at radius 1 is 1.33 bits per heavy atom. The van der Waals surface area contributed by atoms with Gasteiger partial charge in [-0.05, 0) is 24.6 Å². The van der Waals surface area contributed by atoms with E-state index in [1.165, 1.54) is 0 Å². The number of aromatic nitrogens is 5. The number of amides is 1. The number of hydrogen-bond donors (Lipinski definition) is 2. The van der Waals surface area contributed by atoms with Crippen LogP contribution >= 0.6 is 0 Å². The van der Waals surface area contributed by atoms with Gasteiger partial charge in [0.1, 0.15) is 5.82 Å². The molecule has 0 fully saturated rings. The molecule has 0 atom stereocenters. The Kier molecular flexibility index (Phi) is 4.41. The highest BCUT2D eigenvalue weighted by atomic mass is 16.2. The largest absolute Gasteiger partial charge is 0.330 e. The van der Waals surface area contributed by atoms with Crippen molar-refractivity contribution in [2.45, 2.75) is 33.2 Å². The van der Waals surface area contributed by atoms with Gasteiger partial charge >= 0.3 is 0 Å². The second-order valence-electron chi connectivity index (χ2n) is 5.98. The van der Waals surface area contributed by atoms with Gasteiger partial charge < -0.3 is 9.88 Å². The summed E-state index contributed by atoms with van der Waals surface area (Å²) in [7, 11) is 0. The summed E-state index contributed by atoms with van der Waals surface area (Å²) in [6.45, 7) is 6.69. The SMILES string of the molecule is Cc1n[nH]nc1C(=O)Nc1cccc(Cn2ccnc2C(C)C)c1. The zero-order valence-electron chi connectivity index (χ0n) is 13.9. The summed E-state index contributed by atoms with van der Waals surface area (Å²) in [5.41, 5.74) is 2.69. The summed E-state index contributed by atoms with van der Waals surface area (Å²) in [4.78, 5) is 16.6. The second kappa shape index (κ2) is 6.66. The van der Waals surface area contributed by atoms with Gasteiger partial charge in [-0.2, -0.15) is 15.4 Å². The van der Waals surface area contributed by atoms with E-state index in [1.807, 2.05) is 36.7 Å². The highest BCUT2D eigenvalue weighted by Crippen LogP contribution is 2.17. The van der Waals surface area contributed by atoms with E-state index >= 15 is 0 Å². The van der Waals surface area contributed by atoms with Gasteiger partial charge in [0.25, 0.3) is 5.91 Å². The fraction of sp³-hybridized carbons (Fsp3) is 0.294. The fourth-order valence-corrected chi connectivity index (χ4v) is 2.59. The van der Waals surface area contributed by atoms with E-state index in [2.05, 4.69) is 44.1 Å². The Balaban J connectivity index is 1.76. The third kappa shape index (κ3) is 3.34. The molecule has 124 valence electrons. The van der Waals surface area contributed by atoms with Gasteiger partial charge in [-0.3, -0.25) is 4.79 Å². The topological polar surface area (TPSA) is 88.5 Å². The number of nitrogens with zero attached hydrogens (tertiary/aromatic N) is 4. The van der Waals surface area contributed by atoms with Crippen molar-refractivity contribution in [2.75, 3.05) is 5.32 Å². The Hall–Kier alpha value is -2.96. The Morgan fingerprint density at radius 2 is 2.17 bits per heavy atom. The number of anilines is 1. The predicted molar refractivity (Wildman–Crippen MR) is 90.9 cm³/mol. The third-order valence-electron chi connectivity index (χ3n) is 3.74. The number of nitrogens with one attached hydrogen (secondary N) is 2. The number of hydrogen-bond acceptors (Lipinski definition) is 4. The summed E-state index contributed by atoms with van der Waals surface area (Å²) in [6, 6.07) is 7.76. The maximum Gasteiger partial charge on any atom is 0.278 e. The third-order valence-corrected chi connectivity index (χ3v) is 3.74. The van der Waals surface area contributed by atoms with Crippen LogP contribution in [0.5, 0.6) is 0 Å². The first-order chi connectivity index (χ1) is 11.5. The lowest BCUT2D eigenvalue weighted by Crippen LogP contribution is -2.14. The number of carbonyl (C=O) groups excluding carboxylic acids is 1. The molecule has 7 nitrogen and oxygen atoms in total. The molecule has 0 aliphatic heterocycles. The molecule has 0 bridgehead atoms. The molecule has 3 rings (SSSR count). The molecule has 2 heterocycles. The van der Waals surface area contributed by atoms with Crippen molar-refractivity contribution >= 4 is 11.6 Å². The van der Waals surface area contributed by atoms with Gasteiger partial charge in [-0.15, -0.1) is 0 Å². The van der Waals surface area contributed by atoms with Crippen LogP contribution in [-0.4, -0.2) is 30.9 Å². The molecule has 0 saturated carbocycles. The van der Waals surface area contributed by atoms with Crippen molar-refractivity contribution in [3.8, 4) is 0 Å². The summed E-state index contributed by atoms with van der Waals surface area (Å²) in [5.74, 6) is 1.13. The minimum Gasteiger partial charge on any atom is -0.330 e. The Morgan fingerprint density at radius 3 is 2.88 bits per heavy atom. The average molecular weight is 324 g/mol. The van der Waals surface area contributed by atoms with Crippen molar-refractivity contribution in [3.05, 3.63) is 59.4 Å². The zero-order valence-corrected chi connectivity index (χ0v) is 13.9. The minimum absolute atomic E-state index is 0.274. The van der Waals surface area contributed by atoms with Gasteiger partial charge in [-0.25, -0.2) is 4.98 Å². The average Bonchev–Trinajstić information content (AvgIpc) is 3.16. The first-order valence-electron chi connectivity index (χ1n) is 7.83. The maximum atomic E-state index is 12.2. The number of rotatable bonds is 5. The number of imidazole rings is 1. The lowest BCUT2D eigenvalue weighted by atomic mass is 10.1. The molecule has 1 amide bonds. The van der Waals surface area contributed by atoms with Crippen molar-refractivity contribution in [1.82, 2.24) is 25.0 Å². The van der Waals surface area contributed by atoms with Crippen molar-refractivity contribution in [3.63, 3.8) is 0 Å². The van der Waals surface area contributed by atoms with Crippen LogP contribution in [0.25, 0.3) is 0 Å². The van der Waals surface area contributed by atoms with Gasteiger partial charge in [-0.1, -0.05) is 26.0 Å². The van der Waals surface area contributed by atoms with Crippen LogP contribution in [-0.2, 0) is 6.54 Å². The molecule has 24 heavy (non-hydrogen) atoms. The van der Waals surface area contributed by atoms with E-state index in [9.17, 15) is 4.79 Å². The van der Waals surface area contributed by atoms with Crippen LogP contribution in [0.2, 0.25) is 0 Å². The first-order valence-corrected chi connectivity index (χ1v) is 7.83. The number of carbonyl (C=O) groups is 1. The van der Waals surface area contributed by atoms with Crippen LogP contribution in [0.4, 0.5) is 5.69 Å². The van der Waals surface area contributed by atoms with E-state index in [-0.39, 0.29) is 5.91 Å². The lowest BCUT2D eigenvalue weighted by Gasteiger charge is -2.11. The predicted octanol–water partition coefficient (Wildman–Crippen LogP) is 2.73. The Bertz CT molecular complexity index is 848. The lowest BCUT2D eigenvalue weighted by molar-refractivity contribution is 0.102. The van der Waals surface area contributed by atoms with Crippen LogP contribution in [0.3, 0.4) is 0 Å². The molecule has 0 spiro atoms. The number of aryl methyl sites for hydroxylation is 1. The van der Waals surface area contributed by atoms with Gasteiger partial charge in [0, 0.05) is 30.5 Å². The molecule has 1 aromatic carbocycles. The van der Waals surface area contributed by atoms with E-state index in [4.69, 9.17) is 0 Å². The van der Waals surface area contributed by atoms with E-state index in [0.29, 0.717) is 23.9 Å². The van der Waals surface area contributed by atoms with E-state index in [0.717, 1.165) is 17.1 Å². The summed E-state index contributed by atoms with van der Waals surface area (Å²) < 4.78 is 2.12. The first kappa shape index (κ1) is 15.9. The van der Waals surface area contributed by atoms with Crippen molar-refractivity contribution < 1.29 is 4.79 Å². The molecular weight excluding hydrogens is 304 g/mol. The second-order valence-corrected chi connectivity index (χ2v) is 5.98. The van der Waals surface area contributed by atoms with E-state index < -0.39 is 0 Å². The normalized spacial score (nSPS) is 11.0. The maximum absolute atomic E-state index is 12.2. The monoisotopic (exact) mass is 324 g/mol. The van der Waals surface area contributed by atoms with Crippen molar-refractivity contribution in [2.24, 2.45) is 0 Å². The highest BCUT2D eigenvalue weighted by molar-refractivity contribution is 6.03. The zero-order chi connectivity index (χ0) is 17.1. The fourth-order valence-electron chi connectivity index (χ4n) is 2.59. The molecule has 0 saturated heterocycles. The molecule has 0 unspecified atom stereocenters. The highest BCUT2D eigenvalue weighted by Gasteiger charge is 2.13. The molecule has 0 aliphatic carbocycles. The molecule has 2 N–H and O–H groups in total. The quantitative estimate of drug-likeness (QED) is 0.755. The Labute approximate surface area is 140 Å². The van der Waals surface area contributed by atoms with Crippen molar-refractivity contribution in [1.29, 1.82) is 0 Å². The molecule has 0 aliphatic rings. The minimum atomic E-state index is -0.274. The molecular formula is C17H20N6O. The summed E-state index contributed by atoms with van der Waals surface area (Å²) in [5, 5.41) is 13.0. The number of H-pyrrole nitrogens is 1. The van der Waals surface area contributed by atoms with Crippen LogP contribution in [0, 0.1) is 6.92 Å². The van der Waals surface area contributed by atoms with Crippen LogP contribution in [0.15, 0.2) is 36.7 Å². The summed E-state index contributed by atoms with van der Waals surface area (Å²) >= 11 is 0. The number of benzene rings is 1. The van der Waals surface area contributed by atoms with Gasteiger partial charge in [0.05, 0.1) is 5.69 Å². The number of aromatic amines is 1. The summed E-state index contributed by atoms with van der Waals surface area (Å²) in [6.07, 6.45) is 3.79. The molecule has 0 radical (unpaired) electrons.